The van der Waals surface area contributed by atoms with E-state index in [4.69, 9.17) is 4.74 Å². The van der Waals surface area contributed by atoms with E-state index in [2.05, 4.69) is 9.80 Å². The molecule has 0 aromatic heterocycles. The minimum atomic E-state index is -0.418. The van der Waals surface area contributed by atoms with Crippen LogP contribution in [-0.2, 0) is 6.54 Å². The van der Waals surface area contributed by atoms with Crippen LogP contribution in [0.25, 0.3) is 0 Å². The van der Waals surface area contributed by atoms with Crippen molar-refractivity contribution >= 4 is 5.69 Å². The molecule has 0 spiro atoms. The molecule has 2 atom stereocenters. The monoisotopic (exact) mass is 389 g/mol. The molecule has 1 saturated carbocycles. The van der Waals surface area contributed by atoms with Crippen LogP contribution in [-0.4, -0.2) is 58.7 Å². The van der Waals surface area contributed by atoms with Crippen LogP contribution in [0.3, 0.4) is 0 Å². The number of benzene rings is 1. The second-order valence-corrected chi connectivity index (χ2v) is 8.52. The molecular weight excluding hydrogens is 358 g/mol. The molecule has 1 aromatic rings. The van der Waals surface area contributed by atoms with Crippen molar-refractivity contribution in [1.29, 1.82) is 0 Å². The van der Waals surface area contributed by atoms with Gasteiger partial charge in [0.1, 0.15) is 0 Å². The Kier molecular flexibility index (Phi) is 5.73. The zero-order valence-corrected chi connectivity index (χ0v) is 16.7. The van der Waals surface area contributed by atoms with Crippen molar-refractivity contribution in [1.82, 2.24) is 9.80 Å². The maximum Gasteiger partial charge on any atom is 0.273 e. The third-order valence-electron chi connectivity index (χ3n) is 6.98. The van der Waals surface area contributed by atoms with Crippen LogP contribution in [0.1, 0.15) is 50.5 Å². The lowest BCUT2D eigenvalue weighted by Gasteiger charge is -2.49. The quantitative estimate of drug-likeness (QED) is 0.613. The molecule has 2 heterocycles. The second-order valence-electron chi connectivity index (χ2n) is 8.52. The summed E-state index contributed by atoms with van der Waals surface area (Å²) in [6, 6.07) is 3.86. The van der Waals surface area contributed by atoms with Gasteiger partial charge in [0, 0.05) is 43.3 Å². The Hall–Kier alpha value is -1.86. The number of hydrogen-bond donors (Lipinski definition) is 1. The Morgan fingerprint density at radius 1 is 1.14 bits per heavy atom. The zero-order chi connectivity index (χ0) is 19.7. The largest absolute Gasteiger partial charge is 0.504 e. The number of non-ortho nitro benzene ring substituents is 1. The Morgan fingerprint density at radius 3 is 2.64 bits per heavy atom. The van der Waals surface area contributed by atoms with E-state index >= 15 is 0 Å². The molecule has 7 nitrogen and oxygen atoms in total. The Balaban J connectivity index is 1.63. The molecular formula is C21H31N3O4. The van der Waals surface area contributed by atoms with Crippen LogP contribution in [0.2, 0.25) is 0 Å². The van der Waals surface area contributed by atoms with Gasteiger partial charge in [-0.2, -0.15) is 0 Å². The van der Waals surface area contributed by atoms with Crippen LogP contribution in [0.4, 0.5) is 5.69 Å². The topological polar surface area (TPSA) is 79.1 Å². The van der Waals surface area contributed by atoms with Crippen LogP contribution >= 0.6 is 0 Å². The average molecular weight is 389 g/mol. The van der Waals surface area contributed by atoms with Crippen LogP contribution < -0.4 is 4.74 Å². The molecule has 0 radical (unpaired) electrons. The van der Waals surface area contributed by atoms with E-state index < -0.39 is 4.92 Å². The number of methoxy groups -OCH3 is 1. The number of aromatic hydroxyl groups is 1. The van der Waals surface area contributed by atoms with Crippen molar-refractivity contribution in [2.24, 2.45) is 5.92 Å². The number of piperazine rings is 1. The van der Waals surface area contributed by atoms with Crippen LogP contribution in [0, 0.1) is 16.0 Å². The van der Waals surface area contributed by atoms with Crippen molar-refractivity contribution in [3.8, 4) is 11.5 Å². The lowest BCUT2D eigenvalue weighted by molar-refractivity contribution is -0.385. The number of phenolic OH excluding ortho intramolecular Hbond substituents is 1. The van der Waals surface area contributed by atoms with E-state index in [1.807, 2.05) is 0 Å². The molecule has 2 saturated heterocycles. The fourth-order valence-corrected chi connectivity index (χ4v) is 5.69. The number of nitrogens with zero attached hydrogens (tertiary/aromatic N) is 3. The normalized spacial score (nSPS) is 26.9. The van der Waals surface area contributed by atoms with Gasteiger partial charge in [-0.25, -0.2) is 0 Å². The Morgan fingerprint density at radius 2 is 1.93 bits per heavy atom. The third-order valence-corrected chi connectivity index (χ3v) is 6.98. The SMILES string of the molecule is COc1cc([N+](=O)[O-])cc(CN2CCN3CCC[C@H]3[C@H]2C2CCCCC2)c1O. The smallest absolute Gasteiger partial charge is 0.273 e. The van der Waals surface area contributed by atoms with Crippen molar-refractivity contribution < 1.29 is 14.8 Å². The highest BCUT2D eigenvalue weighted by atomic mass is 16.6. The fraction of sp³-hybridized carbons (Fsp3) is 0.714. The highest BCUT2D eigenvalue weighted by Gasteiger charge is 2.43. The standard InChI is InChI=1S/C21H31N3O4/c1-28-19-13-17(24(26)27)12-16(21(19)25)14-23-11-10-22-9-5-8-18(22)20(23)15-6-3-2-4-7-15/h12-13,15,18,20,25H,2-11,14H2,1H3/t18-,20+/m0/s1. The molecule has 2 aliphatic heterocycles. The van der Waals surface area contributed by atoms with Gasteiger partial charge in [-0.3, -0.25) is 19.9 Å². The molecule has 154 valence electrons. The molecule has 7 heteroatoms. The molecule has 28 heavy (non-hydrogen) atoms. The van der Waals surface area contributed by atoms with E-state index in [9.17, 15) is 15.2 Å². The Bertz CT molecular complexity index is 720. The van der Waals surface area contributed by atoms with Gasteiger partial charge >= 0.3 is 0 Å². The van der Waals surface area contributed by atoms with Crippen molar-refractivity contribution in [3.63, 3.8) is 0 Å². The maximum atomic E-state index is 11.3. The summed E-state index contributed by atoms with van der Waals surface area (Å²) in [5.74, 6) is 0.893. The maximum absolute atomic E-state index is 11.3. The van der Waals surface area contributed by atoms with Gasteiger partial charge in [0.15, 0.2) is 11.5 Å². The first-order chi connectivity index (χ1) is 13.6. The molecule has 1 aliphatic carbocycles. The number of rotatable bonds is 5. The van der Waals surface area contributed by atoms with Gasteiger partial charge in [-0.1, -0.05) is 19.3 Å². The second kappa shape index (κ2) is 8.25. The molecule has 1 aromatic carbocycles. The van der Waals surface area contributed by atoms with Gasteiger partial charge in [0.05, 0.1) is 18.1 Å². The number of nitro benzene ring substituents is 1. The Labute approximate surface area is 166 Å². The number of hydrogen-bond acceptors (Lipinski definition) is 6. The van der Waals surface area contributed by atoms with E-state index in [0.717, 1.165) is 13.1 Å². The van der Waals surface area contributed by atoms with Crippen molar-refractivity contribution in [2.75, 3.05) is 26.7 Å². The van der Waals surface area contributed by atoms with Crippen LogP contribution in [0.15, 0.2) is 12.1 Å². The number of nitro groups is 1. The predicted octanol–water partition coefficient (Wildman–Crippen LogP) is 3.54. The number of phenols is 1. The first kappa shape index (κ1) is 19.5. The lowest BCUT2D eigenvalue weighted by atomic mass is 9.78. The highest BCUT2D eigenvalue weighted by molar-refractivity contribution is 5.53. The van der Waals surface area contributed by atoms with Gasteiger partial charge in [0.25, 0.3) is 5.69 Å². The molecule has 0 bridgehead atoms. The number of ether oxygens (including phenoxy) is 1. The summed E-state index contributed by atoms with van der Waals surface area (Å²) in [6.07, 6.45) is 8.99. The molecule has 3 fully saturated rings. The molecule has 0 unspecified atom stereocenters. The average Bonchev–Trinajstić information content (AvgIpc) is 3.18. The predicted molar refractivity (Wildman–Crippen MR) is 107 cm³/mol. The van der Waals surface area contributed by atoms with Gasteiger partial charge in [-0.05, 0) is 38.1 Å². The summed E-state index contributed by atoms with van der Waals surface area (Å²) in [7, 11) is 1.44. The minimum absolute atomic E-state index is 0.0293. The summed E-state index contributed by atoms with van der Waals surface area (Å²) >= 11 is 0. The van der Waals surface area contributed by atoms with Gasteiger partial charge in [-0.15, -0.1) is 0 Å². The van der Waals surface area contributed by atoms with E-state index in [1.54, 1.807) is 0 Å². The first-order valence-electron chi connectivity index (χ1n) is 10.6. The molecule has 0 amide bonds. The molecule has 4 rings (SSSR count). The van der Waals surface area contributed by atoms with Crippen molar-refractivity contribution in [3.05, 3.63) is 27.8 Å². The summed E-state index contributed by atoms with van der Waals surface area (Å²) in [5.41, 5.74) is 0.566. The van der Waals surface area contributed by atoms with Crippen LogP contribution in [0.5, 0.6) is 11.5 Å². The number of fused-ring (bicyclic) bond motifs is 1. The first-order valence-corrected chi connectivity index (χ1v) is 10.6. The van der Waals surface area contributed by atoms with Gasteiger partial charge in [0.2, 0.25) is 0 Å². The zero-order valence-electron chi connectivity index (χ0n) is 16.7. The summed E-state index contributed by atoms with van der Waals surface area (Å²) in [6.45, 7) is 3.72. The highest BCUT2D eigenvalue weighted by Crippen LogP contribution is 2.40. The van der Waals surface area contributed by atoms with E-state index in [0.29, 0.717) is 30.1 Å². The van der Waals surface area contributed by atoms with Gasteiger partial charge < -0.3 is 9.84 Å². The molecule has 3 aliphatic rings. The third kappa shape index (κ3) is 3.70. The lowest BCUT2D eigenvalue weighted by Crippen LogP contribution is -2.59. The van der Waals surface area contributed by atoms with E-state index in [-0.39, 0.29) is 17.2 Å². The minimum Gasteiger partial charge on any atom is -0.504 e. The summed E-state index contributed by atoms with van der Waals surface area (Å²) in [4.78, 5) is 16.0. The summed E-state index contributed by atoms with van der Waals surface area (Å²) in [5, 5.41) is 22.0. The van der Waals surface area contributed by atoms with Crippen molar-refractivity contribution in [2.45, 2.75) is 63.6 Å². The summed E-state index contributed by atoms with van der Waals surface area (Å²) < 4.78 is 5.20. The molecule has 1 N–H and O–H groups in total. The van der Waals surface area contributed by atoms with E-state index in [1.165, 1.54) is 70.7 Å². The fourth-order valence-electron chi connectivity index (χ4n) is 5.69.